The minimum Gasteiger partial charge on any atom is -0.315 e. The molecular weight excluding hydrogens is 236 g/mol. The highest BCUT2D eigenvalue weighted by Crippen LogP contribution is 2.33. The maximum absolute atomic E-state index is 12.5. The number of allylic oxidation sites excluding steroid dienone is 1. The number of rotatable bonds is 4. The molecule has 1 fully saturated rings. The van der Waals surface area contributed by atoms with E-state index in [-0.39, 0.29) is 0 Å². The van der Waals surface area contributed by atoms with Gasteiger partial charge < -0.3 is 4.90 Å². The fourth-order valence-electron chi connectivity index (χ4n) is 3.40. The number of nitrogens with zero attached hydrogens (tertiary/aromatic N) is 2. The standard InChI is InChI=1S/C16H28N2O/c1-12(2)14-7-10-18(16(14)13(3)4)15(19)11-17-8-5-6-9-17/h12-13H,5-11H2,1-4H3. The molecule has 0 saturated carbocycles. The van der Waals surface area contributed by atoms with Crippen molar-refractivity contribution in [2.75, 3.05) is 26.2 Å². The molecule has 0 spiro atoms. The summed E-state index contributed by atoms with van der Waals surface area (Å²) in [5, 5.41) is 0. The minimum absolute atomic E-state index is 0.307. The van der Waals surface area contributed by atoms with E-state index in [0.717, 1.165) is 26.1 Å². The summed E-state index contributed by atoms with van der Waals surface area (Å²) in [6.07, 6.45) is 3.56. The number of carbonyl (C=O) groups excluding carboxylic acids is 1. The molecule has 0 bridgehead atoms. The van der Waals surface area contributed by atoms with Gasteiger partial charge in [-0.3, -0.25) is 9.69 Å². The van der Waals surface area contributed by atoms with E-state index >= 15 is 0 Å². The van der Waals surface area contributed by atoms with Gasteiger partial charge in [-0.1, -0.05) is 27.7 Å². The first kappa shape index (κ1) is 14.6. The largest absolute Gasteiger partial charge is 0.315 e. The Hall–Kier alpha value is -0.830. The van der Waals surface area contributed by atoms with E-state index in [9.17, 15) is 4.79 Å². The monoisotopic (exact) mass is 264 g/mol. The topological polar surface area (TPSA) is 23.6 Å². The van der Waals surface area contributed by atoms with E-state index in [4.69, 9.17) is 0 Å². The molecule has 2 aliphatic heterocycles. The molecule has 1 amide bonds. The fraction of sp³-hybridized carbons (Fsp3) is 0.812. The second-order valence-corrected chi connectivity index (χ2v) is 6.50. The molecular formula is C16H28N2O. The van der Waals surface area contributed by atoms with Crippen LogP contribution in [0.3, 0.4) is 0 Å². The molecule has 0 N–H and O–H groups in total. The molecule has 2 aliphatic rings. The molecule has 0 radical (unpaired) electrons. The fourth-order valence-corrected chi connectivity index (χ4v) is 3.40. The van der Waals surface area contributed by atoms with Crippen molar-refractivity contribution in [3.05, 3.63) is 11.3 Å². The van der Waals surface area contributed by atoms with Crippen LogP contribution < -0.4 is 0 Å². The number of hydrogen-bond acceptors (Lipinski definition) is 2. The van der Waals surface area contributed by atoms with E-state index in [1.54, 1.807) is 0 Å². The van der Waals surface area contributed by atoms with Crippen molar-refractivity contribution in [2.24, 2.45) is 11.8 Å². The third-order valence-corrected chi connectivity index (χ3v) is 4.33. The Morgan fingerprint density at radius 3 is 2.21 bits per heavy atom. The zero-order valence-electron chi connectivity index (χ0n) is 12.9. The predicted octanol–water partition coefficient (Wildman–Crippen LogP) is 2.88. The van der Waals surface area contributed by atoms with Gasteiger partial charge in [-0.15, -0.1) is 0 Å². The second kappa shape index (κ2) is 6.08. The van der Waals surface area contributed by atoms with Gasteiger partial charge in [0.15, 0.2) is 0 Å². The smallest absolute Gasteiger partial charge is 0.240 e. The Kier molecular flexibility index (Phi) is 4.67. The lowest BCUT2D eigenvalue weighted by Gasteiger charge is -2.26. The van der Waals surface area contributed by atoms with Crippen LogP contribution in [0.5, 0.6) is 0 Å². The Morgan fingerprint density at radius 2 is 1.68 bits per heavy atom. The summed E-state index contributed by atoms with van der Waals surface area (Å²) in [7, 11) is 0. The van der Waals surface area contributed by atoms with Crippen LogP contribution >= 0.6 is 0 Å². The highest BCUT2D eigenvalue weighted by atomic mass is 16.2. The molecule has 0 aromatic carbocycles. The Bertz CT molecular complexity index is 365. The lowest BCUT2D eigenvalue weighted by Crippen LogP contribution is -2.38. The van der Waals surface area contributed by atoms with Crippen LogP contribution in [0.1, 0.15) is 47.0 Å². The normalized spacial score (nSPS) is 21.3. The SMILES string of the molecule is CC(C)C1=C(C(C)C)N(C(=O)CN2CCCC2)CC1. The van der Waals surface area contributed by atoms with Crippen molar-refractivity contribution in [1.82, 2.24) is 9.80 Å². The number of carbonyl (C=O) groups is 1. The molecule has 0 atom stereocenters. The lowest BCUT2D eigenvalue weighted by molar-refractivity contribution is -0.130. The Morgan fingerprint density at radius 1 is 1.05 bits per heavy atom. The van der Waals surface area contributed by atoms with Gasteiger partial charge in [-0.25, -0.2) is 0 Å². The highest BCUT2D eigenvalue weighted by Gasteiger charge is 2.31. The molecule has 0 aromatic rings. The van der Waals surface area contributed by atoms with Gasteiger partial charge in [-0.05, 0) is 49.8 Å². The molecule has 0 aliphatic carbocycles. The molecule has 1 saturated heterocycles. The molecule has 19 heavy (non-hydrogen) atoms. The lowest BCUT2D eigenvalue weighted by atomic mass is 9.96. The van der Waals surface area contributed by atoms with E-state index in [1.165, 1.54) is 24.1 Å². The summed E-state index contributed by atoms with van der Waals surface area (Å²) in [5.74, 6) is 1.31. The average Bonchev–Trinajstić information content (AvgIpc) is 2.95. The summed E-state index contributed by atoms with van der Waals surface area (Å²) in [4.78, 5) is 16.9. The van der Waals surface area contributed by atoms with Gasteiger partial charge in [0.2, 0.25) is 5.91 Å². The van der Waals surface area contributed by atoms with Crippen molar-refractivity contribution >= 4 is 5.91 Å². The number of amides is 1. The van der Waals surface area contributed by atoms with Gasteiger partial charge in [0, 0.05) is 12.2 Å². The van der Waals surface area contributed by atoms with Crippen LogP contribution in [-0.2, 0) is 4.79 Å². The van der Waals surface area contributed by atoms with Crippen LogP contribution in [0.2, 0.25) is 0 Å². The first-order valence-electron chi connectivity index (χ1n) is 7.76. The third kappa shape index (κ3) is 3.19. The first-order valence-corrected chi connectivity index (χ1v) is 7.76. The van der Waals surface area contributed by atoms with Crippen molar-refractivity contribution < 1.29 is 4.79 Å². The highest BCUT2D eigenvalue weighted by molar-refractivity contribution is 5.81. The van der Waals surface area contributed by atoms with Crippen LogP contribution in [0.15, 0.2) is 11.3 Å². The van der Waals surface area contributed by atoms with Gasteiger partial charge in [0.05, 0.1) is 6.54 Å². The van der Waals surface area contributed by atoms with E-state index < -0.39 is 0 Å². The maximum Gasteiger partial charge on any atom is 0.240 e. The average molecular weight is 264 g/mol. The van der Waals surface area contributed by atoms with E-state index in [0.29, 0.717) is 24.3 Å². The van der Waals surface area contributed by atoms with Crippen molar-refractivity contribution in [1.29, 1.82) is 0 Å². The van der Waals surface area contributed by atoms with Gasteiger partial charge in [0.1, 0.15) is 0 Å². The molecule has 108 valence electrons. The zero-order chi connectivity index (χ0) is 14.0. The van der Waals surface area contributed by atoms with Crippen molar-refractivity contribution in [2.45, 2.75) is 47.0 Å². The summed E-state index contributed by atoms with van der Waals surface area (Å²) in [5.41, 5.74) is 2.80. The van der Waals surface area contributed by atoms with Gasteiger partial charge >= 0.3 is 0 Å². The number of likely N-dealkylation sites (tertiary alicyclic amines) is 1. The summed E-state index contributed by atoms with van der Waals surface area (Å²) >= 11 is 0. The van der Waals surface area contributed by atoms with Crippen LogP contribution in [0.25, 0.3) is 0 Å². The van der Waals surface area contributed by atoms with Crippen LogP contribution in [0.4, 0.5) is 0 Å². The molecule has 3 nitrogen and oxygen atoms in total. The summed E-state index contributed by atoms with van der Waals surface area (Å²) in [6.45, 7) is 12.6. The third-order valence-electron chi connectivity index (χ3n) is 4.33. The quantitative estimate of drug-likeness (QED) is 0.779. The Labute approximate surface area is 117 Å². The van der Waals surface area contributed by atoms with E-state index in [1.807, 2.05) is 0 Å². The van der Waals surface area contributed by atoms with E-state index in [2.05, 4.69) is 37.5 Å². The minimum atomic E-state index is 0.307. The maximum atomic E-state index is 12.5. The molecule has 0 aromatic heterocycles. The Balaban J connectivity index is 2.08. The van der Waals surface area contributed by atoms with Crippen LogP contribution in [-0.4, -0.2) is 41.9 Å². The van der Waals surface area contributed by atoms with Crippen molar-refractivity contribution in [3.63, 3.8) is 0 Å². The molecule has 2 heterocycles. The summed E-state index contributed by atoms with van der Waals surface area (Å²) < 4.78 is 0. The van der Waals surface area contributed by atoms with Gasteiger partial charge in [0.25, 0.3) is 0 Å². The van der Waals surface area contributed by atoms with Gasteiger partial charge in [-0.2, -0.15) is 0 Å². The predicted molar refractivity (Wildman–Crippen MR) is 78.7 cm³/mol. The van der Waals surface area contributed by atoms with Crippen molar-refractivity contribution in [3.8, 4) is 0 Å². The first-order chi connectivity index (χ1) is 9.00. The second-order valence-electron chi connectivity index (χ2n) is 6.50. The molecule has 3 heteroatoms. The number of hydrogen-bond donors (Lipinski definition) is 0. The summed E-state index contributed by atoms with van der Waals surface area (Å²) in [6, 6.07) is 0. The molecule has 2 rings (SSSR count). The van der Waals surface area contributed by atoms with Crippen LogP contribution in [0, 0.1) is 11.8 Å². The zero-order valence-corrected chi connectivity index (χ0v) is 12.9. The molecule has 0 unspecified atom stereocenters.